The maximum atomic E-state index is 11.9. The normalized spacial score (nSPS) is 11.1. The van der Waals surface area contributed by atoms with Crippen molar-refractivity contribution < 1.29 is 9.59 Å². The first-order valence-corrected chi connectivity index (χ1v) is 7.73. The summed E-state index contributed by atoms with van der Waals surface area (Å²) in [6.07, 6.45) is 0. The van der Waals surface area contributed by atoms with E-state index >= 15 is 0 Å². The molecule has 0 heterocycles. The first-order chi connectivity index (χ1) is 11.4. The van der Waals surface area contributed by atoms with E-state index in [1.807, 2.05) is 26.0 Å². The van der Waals surface area contributed by atoms with E-state index in [0.29, 0.717) is 16.4 Å². The lowest BCUT2D eigenvalue weighted by Gasteiger charge is -2.07. The number of benzene rings is 2. The average Bonchev–Trinajstić information content (AvgIpc) is 2.56. The molecular formula is C18H18ClN3O2. The van der Waals surface area contributed by atoms with Gasteiger partial charge in [-0.1, -0.05) is 29.8 Å². The van der Waals surface area contributed by atoms with Crippen molar-refractivity contribution in [1.29, 1.82) is 0 Å². The average molecular weight is 344 g/mol. The van der Waals surface area contributed by atoms with Gasteiger partial charge < -0.3 is 5.32 Å². The molecule has 0 saturated heterocycles. The Kier molecular flexibility index (Phi) is 5.71. The summed E-state index contributed by atoms with van der Waals surface area (Å²) in [5.41, 5.74) is 6.32. The van der Waals surface area contributed by atoms with Crippen molar-refractivity contribution in [2.24, 2.45) is 5.10 Å². The Morgan fingerprint density at radius 2 is 1.62 bits per heavy atom. The van der Waals surface area contributed by atoms with E-state index in [1.165, 1.54) is 0 Å². The quantitative estimate of drug-likeness (QED) is 0.509. The predicted octanol–water partition coefficient (Wildman–Crippen LogP) is 3.44. The van der Waals surface area contributed by atoms with Crippen molar-refractivity contribution in [2.75, 3.05) is 5.32 Å². The summed E-state index contributed by atoms with van der Waals surface area (Å²) < 4.78 is 0. The molecular weight excluding hydrogens is 326 g/mol. The van der Waals surface area contributed by atoms with Gasteiger partial charge in [-0.2, -0.15) is 5.10 Å². The smallest absolute Gasteiger partial charge is 0.318 e. The first kappa shape index (κ1) is 17.7. The van der Waals surface area contributed by atoms with Crippen LogP contribution in [0.4, 0.5) is 5.69 Å². The Morgan fingerprint density at radius 1 is 0.958 bits per heavy atom. The molecule has 2 aromatic carbocycles. The van der Waals surface area contributed by atoms with Crippen LogP contribution < -0.4 is 10.7 Å². The summed E-state index contributed by atoms with van der Waals surface area (Å²) in [7, 11) is 0. The number of carbonyl (C=O) groups is 2. The van der Waals surface area contributed by atoms with Gasteiger partial charge in [-0.05, 0) is 61.7 Å². The second-order valence-electron chi connectivity index (χ2n) is 5.40. The third kappa shape index (κ3) is 4.67. The van der Waals surface area contributed by atoms with Gasteiger partial charge in [0, 0.05) is 10.7 Å². The Bertz CT molecular complexity index is 798. The molecule has 124 valence electrons. The number of halogens is 1. The molecule has 2 rings (SSSR count). The molecule has 0 aliphatic heterocycles. The van der Waals surface area contributed by atoms with Gasteiger partial charge in [-0.25, -0.2) is 5.43 Å². The molecule has 6 heteroatoms. The zero-order chi connectivity index (χ0) is 17.7. The molecule has 0 bridgehead atoms. The number of rotatable bonds is 3. The summed E-state index contributed by atoms with van der Waals surface area (Å²) in [4.78, 5) is 23.7. The summed E-state index contributed by atoms with van der Waals surface area (Å²) in [5.74, 6) is -1.60. The molecule has 0 saturated carbocycles. The number of nitrogens with one attached hydrogen (secondary N) is 2. The lowest BCUT2D eigenvalue weighted by atomic mass is 10.1. The fourth-order valence-electron chi connectivity index (χ4n) is 1.95. The van der Waals surface area contributed by atoms with Gasteiger partial charge in [0.25, 0.3) is 0 Å². The molecule has 0 radical (unpaired) electrons. The number of amides is 2. The molecule has 0 spiro atoms. The van der Waals surface area contributed by atoms with Crippen LogP contribution in [-0.4, -0.2) is 17.5 Å². The SMILES string of the molecule is C/C(=N\NC(=O)C(=O)Nc1ccc(C)c(C)c1)c1ccc(Cl)cc1. The summed E-state index contributed by atoms with van der Waals surface area (Å²) in [6.45, 7) is 5.64. The molecule has 2 amide bonds. The number of anilines is 1. The second kappa shape index (κ2) is 7.75. The number of nitrogens with zero attached hydrogens (tertiary/aromatic N) is 1. The van der Waals surface area contributed by atoms with Gasteiger partial charge in [0.2, 0.25) is 0 Å². The highest BCUT2D eigenvalue weighted by atomic mass is 35.5. The monoisotopic (exact) mass is 343 g/mol. The number of hydrogen-bond donors (Lipinski definition) is 2. The van der Waals surface area contributed by atoms with Crippen LogP contribution in [0.15, 0.2) is 47.6 Å². The van der Waals surface area contributed by atoms with Gasteiger partial charge in [-0.3, -0.25) is 9.59 Å². The molecule has 5 nitrogen and oxygen atoms in total. The van der Waals surface area contributed by atoms with E-state index in [2.05, 4.69) is 15.8 Å². The zero-order valence-corrected chi connectivity index (χ0v) is 14.4. The van der Waals surface area contributed by atoms with E-state index in [0.717, 1.165) is 16.7 Å². The molecule has 2 aromatic rings. The number of hydrazone groups is 1. The summed E-state index contributed by atoms with van der Waals surface area (Å²) in [6, 6.07) is 12.4. The van der Waals surface area contributed by atoms with E-state index < -0.39 is 11.8 Å². The number of aryl methyl sites for hydroxylation is 2. The molecule has 0 fully saturated rings. The fourth-order valence-corrected chi connectivity index (χ4v) is 2.07. The van der Waals surface area contributed by atoms with E-state index in [4.69, 9.17) is 11.6 Å². The number of carbonyl (C=O) groups excluding carboxylic acids is 2. The molecule has 0 aromatic heterocycles. The first-order valence-electron chi connectivity index (χ1n) is 7.35. The van der Waals surface area contributed by atoms with Crippen LogP contribution in [0.2, 0.25) is 5.02 Å². The maximum Gasteiger partial charge on any atom is 0.329 e. The van der Waals surface area contributed by atoms with E-state index in [9.17, 15) is 9.59 Å². The Balaban J connectivity index is 1.98. The largest absolute Gasteiger partial charge is 0.329 e. The minimum atomic E-state index is -0.832. The van der Waals surface area contributed by atoms with Crippen LogP contribution in [0, 0.1) is 13.8 Å². The lowest BCUT2D eigenvalue weighted by molar-refractivity contribution is -0.136. The van der Waals surface area contributed by atoms with Gasteiger partial charge in [-0.15, -0.1) is 0 Å². The van der Waals surface area contributed by atoms with Crippen molar-refractivity contribution in [3.05, 3.63) is 64.2 Å². The van der Waals surface area contributed by atoms with Crippen molar-refractivity contribution in [3.63, 3.8) is 0 Å². The van der Waals surface area contributed by atoms with Gasteiger partial charge >= 0.3 is 11.8 Å². The predicted molar refractivity (Wildman–Crippen MR) is 96.4 cm³/mol. The highest BCUT2D eigenvalue weighted by Gasteiger charge is 2.13. The van der Waals surface area contributed by atoms with Crippen LogP contribution in [0.3, 0.4) is 0 Å². The molecule has 24 heavy (non-hydrogen) atoms. The lowest BCUT2D eigenvalue weighted by Crippen LogP contribution is -2.33. The Morgan fingerprint density at radius 3 is 2.25 bits per heavy atom. The van der Waals surface area contributed by atoms with Crippen molar-refractivity contribution >= 4 is 34.8 Å². The van der Waals surface area contributed by atoms with Gasteiger partial charge in [0.05, 0.1) is 5.71 Å². The standard InChI is InChI=1S/C18H18ClN3O2/c1-11-4-9-16(10-12(11)2)20-17(23)18(24)22-21-13(3)14-5-7-15(19)8-6-14/h4-10H,1-3H3,(H,20,23)(H,22,24)/b21-13+. The molecule has 2 N–H and O–H groups in total. The molecule has 0 aliphatic rings. The minimum Gasteiger partial charge on any atom is -0.318 e. The van der Waals surface area contributed by atoms with Crippen molar-refractivity contribution in [2.45, 2.75) is 20.8 Å². The van der Waals surface area contributed by atoms with Crippen LogP contribution in [0.5, 0.6) is 0 Å². The van der Waals surface area contributed by atoms with Crippen LogP contribution in [0.1, 0.15) is 23.6 Å². The van der Waals surface area contributed by atoms with Crippen molar-refractivity contribution in [1.82, 2.24) is 5.43 Å². The van der Waals surface area contributed by atoms with Gasteiger partial charge in [0.15, 0.2) is 0 Å². The fraction of sp³-hybridized carbons (Fsp3) is 0.167. The van der Waals surface area contributed by atoms with E-state index in [1.54, 1.807) is 37.3 Å². The topological polar surface area (TPSA) is 70.6 Å². The third-order valence-electron chi connectivity index (χ3n) is 3.56. The van der Waals surface area contributed by atoms with Gasteiger partial charge in [0.1, 0.15) is 0 Å². The van der Waals surface area contributed by atoms with Crippen LogP contribution >= 0.6 is 11.6 Å². The van der Waals surface area contributed by atoms with Crippen LogP contribution in [-0.2, 0) is 9.59 Å². The maximum absolute atomic E-state index is 11.9. The van der Waals surface area contributed by atoms with Crippen LogP contribution in [0.25, 0.3) is 0 Å². The van der Waals surface area contributed by atoms with Crippen molar-refractivity contribution in [3.8, 4) is 0 Å². The molecule has 0 aliphatic carbocycles. The Hall–Kier alpha value is -2.66. The second-order valence-corrected chi connectivity index (χ2v) is 5.83. The number of hydrogen-bond acceptors (Lipinski definition) is 3. The third-order valence-corrected chi connectivity index (χ3v) is 3.81. The Labute approximate surface area is 145 Å². The molecule has 0 atom stereocenters. The summed E-state index contributed by atoms with van der Waals surface area (Å²) >= 11 is 5.82. The minimum absolute atomic E-state index is 0.566. The highest BCUT2D eigenvalue weighted by Crippen LogP contribution is 2.14. The summed E-state index contributed by atoms with van der Waals surface area (Å²) in [5, 5.41) is 7.09. The zero-order valence-electron chi connectivity index (χ0n) is 13.7. The highest BCUT2D eigenvalue weighted by molar-refractivity contribution is 6.39. The van der Waals surface area contributed by atoms with E-state index in [-0.39, 0.29) is 0 Å². The molecule has 0 unspecified atom stereocenters.